The number of hydrogen-bond acceptors (Lipinski definition) is 3. The number of nitrogens with one attached hydrogen (secondary N) is 2. The van der Waals surface area contributed by atoms with Crippen LogP contribution in [0.25, 0.3) is 0 Å². The van der Waals surface area contributed by atoms with E-state index in [-0.39, 0.29) is 5.91 Å². The Morgan fingerprint density at radius 3 is 2.32 bits per heavy atom. The first-order valence-corrected chi connectivity index (χ1v) is 9.06. The van der Waals surface area contributed by atoms with E-state index in [1.54, 1.807) is 0 Å². The van der Waals surface area contributed by atoms with Crippen molar-refractivity contribution >= 4 is 28.9 Å². The first-order valence-electron chi connectivity index (χ1n) is 8.65. The third kappa shape index (κ3) is 5.66. The molecule has 0 spiro atoms. The Labute approximate surface area is 154 Å². The minimum absolute atomic E-state index is 0.116. The number of benzene rings is 2. The molecule has 0 radical (unpaired) electrons. The summed E-state index contributed by atoms with van der Waals surface area (Å²) in [5, 5.41) is 6.12. The van der Waals surface area contributed by atoms with Crippen molar-refractivity contribution in [3.63, 3.8) is 0 Å². The van der Waals surface area contributed by atoms with E-state index in [1.165, 1.54) is 31.5 Å². The van der Waals surface area contributed by atoms with Crippen molar-refractivity contribution in [1.29, 1.82) is 0 Å². The Morgan fingerprint density at radius 2 is 1.64 bits per heavy atom. The number of nitrogens with zero attached hydrogens (tertiary/aromatic N) is 1. The van der Waals surface area contributed by atoms with Gasteiger partial charge >= 0.3 is 0 Å². The SMILES string of the molecule is O=C(Cc1ccccc1)NC(=S)Nc1ccc(CN2CCCC2)cc1. The maximum absolute atomic E-state index is 12.0. The van der Waals surface area contributed by atoms with Crippen LogP contribution in [0.4, 0.5) is 5.69 Å². The zero-order chi connectivity index (χ0) is 17.5. The number of likely N-dealkylation sites (tertiary alicyclic amines) is 1. The predicted octanol–water partition coefficient (Wildman–Crippen LogP) is 3.34. The zero-order valence-electron chi connectivity index (χ0n) is 14.2. The van der Waals surface area contributed by atoms with Crippen LogP contribution in [0.1, 0.15) is 24.0 Å². The molecule has 1 heterocycles. The quantitative estimate of drug-likeness (QED) is 0.809. The molecule has 0 unspecified atom stereocenters. The number of carbonyl (C=O) groups is 1. The van der Waals surface area contributed by atoms with Gasteiger partial charge in [-0.1, -0.05) is 42.5 Å². The summed E-state index contributed by atoms with van der Waals surface area (Å²) >= 11 is 5.23. The largest absolute Gasteiger partial charge is 0.332 e. The normalized spacial score (nSPS) is 14.2. The summed E-state index contributed by atoms with van der Waals surface area (Å²) in [5.74, 6) is -0.116. The fourth-order valence-electron chi connectivity index (χ4n) is 3.01. The van der Waals surface area contributed by atoms with Crippen LogP contribution in [-0.2, 0) is 17.8 Å². The highest BCUT2D eigenvalue weighted by atomic mass is 32.1. The maximum Gasteiger partial charge on any atom is 0.230 e. The van der Waals surface area contributed by atoms with Gasteiger partial charge in [0.05, 0.1) is 6.42 Å². The van der Waals surface area contributed by atoms with Crippen molar-refractivity contribution < 1.29 is 4.79 Å². The van der Waals surface area contributed by atoms with Crippen molar-refractivity contribution in [3.05, 3.63) is 65.7 Å². The Balaban J connectivity index is 1.46. The van der Waals surface area contributed by atoms with Gasteiger partial charge in [-0.05, 0) is 61.4 Å². The highest BCUT2D eigenvalue weighted by Crippen LogP contribution is 2.15. The van der Waals surface area contributed by atoms with Gasteiger partial charge in [-0.15, -0.1) is 0 Å². The minimum Gasteiger partial charge on any atom is -0.332 e. The molecule has 0 aromatic heterocycles. The van der Waals surface area contributed by atoms with Crippen LogP contribution in [0.2, 0.25) is 0 Å². The summed E-state index contributed by atoms with van der Waals surface area (Å²) in [6, 6.07) is 17.8. The lowest BCUT2D eigenvalue weighted by molar-refractivity contribution is -0.119. The van der Waals surface area contributed by atoms with Gasteiger partial charge in [-0.3, -0.25) is 9.69 Å². The molecule has 2 aromatic carbocycles. The molecule has 130 valence electrons. The Hall–Kier alpha value is -2.24. The number of hydrogen-bond donors (Lipinski definition) is 2. The smallest absolute Gasteiger partial charge is 0.230 e. The summed E-state index contributed by atoms with van der Waals surface area (Å²) in [4.78, 5) is 14.5. The van der Waals surface area contributed by atoms with Crippen LogP contribution >= 0.6 is 12.2 Å². The second-order valence-corrected chi connectivity index (χ2v) is 6.75. The Kier molecular flexibility index (Phi) is 6.14. The maximum atomic E-state index is 12.0. The predicted molar refractivity (Wildman–Crippen MR) is 105 cm³/mol. The molecular formula is C20H23N3OS. The highest BCUT2D eigenvalue weighted by molar-refractivity contribution is 7.80. The van der Waals surface area contributed by atoms with Gasteiger partial charge in [0.25, 0.3) is 0 Å². The summed E-state index contributed by atoms with van der Waals surface area (Å²) in [5.41, 5.74) is 3.15. The molecule has 2 aromatic rings. The van der Waals surface area contributed by atoms with Crippen LogP contribution in [0.15, 0.2) is 54.6 Å². The fourth-order valence-corrected chi connectivity index (χ4v) is 3.24. The number of amides is 1. The lowest BCUT2D eigenvalue weighted by Gasteiger charge is -2.15. The van der Waals surface area contributed by atoms with E-state index in [4.69, 9.17) is 12.2 Å². The summed E-state index contributed by atoms with van der Waals surface area (Å²) in [6.07, 6.45) is 2.92. The molecule has 1 amide bonds. The van der Waals surface area contributed by atoms with Crippen LogP contribution in [0.5, 0.6) is 0 Å². The molecule has 0 saturated carbocycles. The summed E-state index contributed by atoms with van der Waals surface area (Å²) in [6.45, 7) is 3.38. The number of carbonyl (C=O) groups excluding carboxylic acids is 1. The molecule has 1 aliphatic heterocycles. The van der Waals surface area contributed by atoms with Gasteiger partial charge in [-0.2, -0.15) is 0 Å². The van der Waals surface area contributed by atoms with Crippen LogP contribution in [0, 0.1) is 0 Å². The third-order valence-corrected chi connectivity index (χ3v) is 4.48. The van der Waals surface area contributed by atoms with Gasteiger partial charge < -0.3 is 10.6 Å². The van der Waals surface area contributed by atoms with Crippen molar-refractivity contribution in [2.24, 2.45) is 0 Å². The second-order valence-electron chi connectivity index (χ2n) is 6.34. The van der Waals surface area contributed by atoms with Gasteiger partial charge in [0, 0.05) is 12.2 Å². The van der Waals surface area contributed by atoms with Crippen LogP contribution < -0.4 is 10.6 Å². The third-order valence-electron chi connectivity index (χ3n) is 4.28. The monoisotopic (exact) mass is 353 g/mol. The van der Waals surface area contributed by atoms with E-state index in [2.05, 4.69) is 27.7 Å². The van der Waals surface area contributed by atoms with Gasteiger partial charge in [-0.25, -0.2) is 0 Å². The van der Waals surface area contributed by atoms with E-state index < -0.39 is 0 Å². The lowest BCUT2D eigenvalue weighted by Crippen LogP contribution is -2.35. The number of anilines is 1. The number of thiocarbonyl (C=S) groups is 1. The van der Waals surface area contributed by atoms with Gasteiger partial charge in [0.2, 0.25) is 5.91 Å². The number of rotatable bonds is 5. The molecule has 0 aliphatic carbocycles. The molecule has 1 saturated heterocycles. The van der Waals surface area contributed by atoms with Crippen molar-refractivity contribution in [2.75, 3.05) is 18.4 Å². The molecule has 4 nitrogen and oxygen atoms in total. The Morgan fingerprint density at radius 1 is 0.960 bits per heavy atom. The van der Waals surface area contributed by atoms with E-state index in [0.29, 0.717) is 11.5 Å². The van der Waals surface area contributed by atoms with Gasteiger partial charge in [0.15, 0.2) is 5.11 Å². The molecule has 2 N–H and O–H groups in total. The fraction of sp³-hybridized carbons (Fsp3) is 0.300. The standard InChI is InChI=1S/C20H23N3OS/c24-19(14-16-6-2-1-3-7-16)22-20(25)21-18-10-8-17(9-11-18)15-23-12-4-5-13-23/h1-3,6-11H,4-5,12-15H2,(H2,21,22,24,25). The highest BCUT2D eigenvalue weighted by Gasteiger charge is 2.11. The molecule has 5 heteroatoms. The average molecular weight is 353 g/mol. The minimum atomic E-state index is -0.116. The van der Waals surface area contributed by atoms with E-state index in [0.717, 1.165) is 17.8 Å². The summed E-state index contributed by atoms with van der Waals surface area (Å²) in [7, 11) is 0. The first kappa shape index (κ1) is 17.6. The first-order chi connectivity index (χ1) is 12.2. The Bertz CT molecular complexity index is 709. The molecule has 1 fully saturated rings. The molecule has 1 aliphatic rings. The van der Waals surface area contributed by atoms with Gasteiger partial charge in [0.1, 0.15) is 0 Å². The van der Waals surface area contributed by atoms with E-state index in [1.807, 2.05) is 42.5 Å². The second kappa shape index (κ2) is 8.74. The van der Waals surface area contributed by atoms with E-state index >= 15 is 0 Å². The van der Waals surface area contributed by atoms with Crippen molar-refractivity contribution in [2.45, 2.75) is 25.8 Å². The van der Waals surface area contributed by atoms with Crippen LogP contribution in [-0.4, -0.2) is 29.0 Å². The average Bonchev–Trinajstić information content (AvgIpc) is 3.10. The molecule has 0 atom stereocenters. The van der Waals surface area contributed by atoms with E-state index in [9.17, 15) is 4.79 Å². The molecule has 25 heavy (non-hydrogen) atoms. The molecule has 0 bridgehead atoms. The topological polar surface area (TPSA) is 44.4 Å². The zero-order valence-corrected chi connectivity index (χ0v) is 15.0. The molecule has 3 rings (SSSR count). The summed E-state index contributed by atoms with van der Waals surface area (Å²) < 4.78 is 0. The lowest BCUT2D eigenvalue weighted by atomic mass is 10.1. The van der Waals surface area contributed by atoms with Crippen LogP contribution in [0.3, 0.4) is 0 Å². The van der Waals surface area contributed by atoms with Crippen molar-refractivity contribution in [3.8, 4) is 0 Å². The molecular weight excluding hydrogens is 330 g/mol. The van der Waals surface area contributed by atoms with Crippen molar-refractivity contribution in [1.82, 2.24) is 10.2 Å².